The van der Waals surface area contributed by atoms with Crippen molar-refractivity contribution in [3.05, 3.63) is 60.2 Å². The van der Waals surface area contributed by atoms with Crippen LogP contribution in [0.2, 0.25) is 0 Å². The van der Waals surface area contributed by atoms with E-state index >= 15 is 0 Å². The van der Waals surface area contributed by atoms with Gasteiger partial charge in [-0.1, -0.05) is 12.1 Å². The van der Waals surface area contributed by atoms with Crippen molar-refractivity contribution in [1.82, 2.24) is 9.97 Å². The molecule has 0 unspecified atom stereocenters. The first-order valence-electron chi connectivity index (χ1n) is 7.53. The fraction of sp³-hybridized carbons (Fsp3) is 0.316. The maximum absolute atomic E-state index is 9.97. The largest absolute Gasteiger partial charge is 0.303 e. The Labute approximate surface area is 132 Å². The predicted molar refractivity (Wildman–Crippen MR) is 89.2 cm³/mol. The van der Waals surface area contributed by atoms with E-state index in [9.17, 15) is 4.79 Å². The van der Waals surface area contributed by atoms with Crippen molar-refractivity contribution < 1.29 is 4.79 Å². The van der Waals surface area contributed by atoms with Crippen LogP contribution in [-0.4, -0.2) is 16.3 Å². The zero-order valence-electron chi connectivity index (χ0n) is 12.8. The van der Waals surface area contributed by atoms with Gasteiger partial charge >= 0.3 is 0 Å². The topological polar surface area (TPSA) is 42.9 Å². The van der Waals surface area contributed by atoms with Gasteiger partial charge in [0.05, 0.1) is 0 Å². The molecule has 0 aliphatic heterocycles. The molecule has 0 aromatic carbocycles. The van der Waals surface area contributed by atoms with E-state index in [1.807, 2.05) is 42.6 Å². The highest BCUT2D eigenvalue weighted by Crippen LogP contribution is 2.00. The van der Waals surface area contributed by atoms with Crippen molar-refractivity contribution >= 4 is 6.29 Å². The molecule has 114 valence electrons. The minimum Gasteiger partial charge on any atom is -0.303 e. The smallest absolute Gasteiger partial charge is 0.120 e. The second-order valence-corrected chi connectivity index (χ2v) is 4.76. The van der Waals surface area contributed by atoms with Gasteiger partial charge in [0.25, 0.3) is 0 Å². The van der Waals surface area contributed by atoms with E-state index in [1.165, 1.54) is 0 Å². The number of unbranched alkanes of at least 4 members (excludes halogenated alkanes) is 2. The van der Waals surface area contributed by atoms with Gasteiger partial charge in [0, 0.05) is 36.6 Å². The molecule has 3 nitrogen and oxygen atoms in total. The molecule has 2 heterocycles. The van der Waals surface area contributed by atoms with Gasteiger partial charge in [-0.25, -0.2) is 0 Å². The molecule has 0 aliphatic rings. The molecule has 0 saturated carbocycles. The summed E-state index contributed by atoms with van der Waals surface area (Å²) in [7, 11) is 0. The number of carbonyl (C=O) groups is 1. The van der Waals surface area contributed by atoms with Crippen LogP contribution in [0.15, 0.2) is 48.8 Å². The molecule has 0 spiro atoms. The van der Waals surface area contributed by atoms with Crippen LogP contribution in [0.1, 0.15) is 37.1 Å². The summed E-state index contributed by atoms with van der Waals surface area (Å²) in [5.74, 6) is 2.61. The molecular formula is C19H22N2O. The monoisotopic (exact) mass is 294 g/mol. The van der Waals surface area contributed by atoms with E-state index in [0.29, 0.717) is 6.42 Å². The second kappa shape index (κ2) is 12.3. The number of aryl methyl sites for hydroxylation is 2. The highest BCUT2D eigenvalue weighted by molar-refractivity contribution is 5.49. The third kappa shape index (κ3) is 8.65. The second-order valence-electron chi connectivity index (χ2n) is 4.76. The molecule has 2 aromatic heterocycles. The molecule has 0 saturated heterocycles. The molecule has 0 amide bonds. The number of nitrogens with zero attached hydrogens (tertiary/aromatic N) is 2. The van der Waals surface area contributed by atoms with Gasteiger partial charge in [-0.2, -0.15) is 0 Å². The lowest BCUT2D eigenvalue weighted by molar-refractivity contribution is -0.107. The van der Waals surface area contributed by atoms with Gasteiger partial charge in [-0.3, -0.25) is 9.97 Å². The average Bonchev–Trinajstić information content (AvgIpc) is 2.58. The Bertz CT molecular complexity index is 547. The number of terminal acetylenes is 1. The Morgan fingerprint density at radius 1 is 0.955 bits per heavy atom. The fourth-order valence-electron chi connectivity index (χ4n) is 1.83. The normalized spacial score (nSPS) is 9.23. The molecule has 0 bridgehead atoms. The van der Waals surface area contributed by atoms with Gasteiger partial charge < -0.3 is 4.79 Å². The van der Waals surface area contributed by atoms with Gasteiger partial charge in [-0.15, -0.1) is 12.3 Å². The summed E-state index contributed by atoms with van der Waals surface area (Å²) in [6.45, 7) is 0. The Morgan fingerprint density at radius 3 is 2.00 bits per heavy atom. The molecule has 0 N–H and O–H groups in total. The van der Waals surface area contributed by atoms with Crippen LogP contribution in [0.5, 0.6) is 0 Å². The number of hydrogen-bond donors (Lipinski definition) is 0. The first kappa shape index (κ1) is 17.6. The van der Waals surface area contributed by atoms with Gasteiger partial charge in [0.15, 0.2) is 0 Å². The van der Waals surface area contributed by atoms with Crippen LogP contribution >= 0.6 is 0 Å². The standard InChI is InChI=1S/C10H11N.C9H11NO/c1-2-3-4-7-10-8-5-6-9-11-10;11-8-4-2-6-9-5-1-3-7-10-9/h1,5-6,8-9H,3-4,7H2;1,3,5,7-8H,2,4,6H2. The SMILES string of the molecule is C#CCCCc1ccccn1.O=CCCCc1ccccn1. The maximum atomic E-state index is 9.97. The number of pyridine rings is 2. The van der Waals surface area contributed by atoms with Crippen LogP contribution < -0.4 is 0 Å². The van der Waals surface area contributed by atoms with Crippen LogP contribution in [0.4, 0.5) is 0 Å². The van der Waals surface area contributed by atoms with Gasteiger partial charge in [0.2, 0.25) is 0 Å². The highest BCUT2D eigenvalue weighted by Gasteiger charge is 1.91. The van der Waals surface area contributed by atoms with E-state index < -0.39 is 0 Å². The van der Waals surface area contributed by atoms with Gasteiger partial charge in [-0.05, 0) is 49.9 Å². The van der Waals surface area contributed by atoms with Crippen LogP contribution in [0.25, 0.3) is 0 Å². The van der Waals surface area contributed by atoms with Crippen molar-refractivity contribution in [3.8, 4) is 12.3 Å². The van der Waals surface area contributed by atoms with E-state index in [1.54, 1.807) is 6.20 Å². The lowest BCUT2D eigenvalue weighted by Crippen LogP contribution is -1.88. The average molecular weight is 294 g/mol. The zero-order valence-corrected chi connectivity index (χ0v) is 12.8. The summed E-state index contributed by atoms with van der Waals surface area (Å²) in [5.41, 5.74) is 2.19. The number of hydrogen-bond acceptors (Lipinski definition) is 3. The third-order valence-electron chi connectivity index (χ3n) is 2.96. The maximum Gasteiger partial charge on any atom is 0.120 e. The fourth-order valence-corrected chi connectivity index (χ4v) is 1.83. The molecule has 22 heavy (non-hydrogen) atoms. The Balaban J connectivity index is 0.000000220. The molecule has 0 atom stereocenters. The summed E-state index contributed by atoms with van der Waals surface area (Å²) in [4.78, 5) is 18.3. The number of carbonyl (C=O) groups excluding carboxylic acids is 1. The van der Waals surface area contributed by atoms with Gasteiger partial charge in [0.1, 0.15) is 6.29 Å². The van der Waals surface area contributed by atoms with Crippen LogP contribution in [0.3, 0.4) is 0 Å². The number of rotatable bonds is 7. The Hall–Kier alpha value is -2.47. The number of aldehydes is 1. The van der Waals surface area contributed by atoms with E-state index in [-0.39, 0.29) is 0 Å². The van der Waals surface area contributed by atoms with E-state index in [2.05, 4.69) is 15.9 Å². The minimum atomic E-state index is 0.635. The van der Waals surface area contributed by atoms with Crippen molar-refractivity contribution in [2.24, 2.45) is 0 Å². The molecule has 2 rings (SSSR count). The lowest BCUT2D eigenvalue weighted by Gasteiger charge is -1.95. The molecule has 0 aliphatic carbocycles. The van der Waals surface area contributed by atoms with Crippen molar-refractivity contribution in [2.75, 3.05) is 0 Å². The first-order valence-corrected chi connectivity index (χ1v) is 7.53. The molecule has 0 fully saturated rings. The summed E-state index contributed by atoms with van der Waals surface area (Å²) in [6, 6.07) is 11.8. The van der Waals surface area contributed by atoms with E-state index in [4.69, 9.17) is 6.42 Å². The summed E-state index contributed by atoms with van der Waals surface area (Å²) >= 11 is 0. The van der Waals surface area contributed by atoms with E-state index in [0.717, 1.165) is 49.8 Å². The van der Waals surface area contributed by atoms with Crippen molar-refractivity contribution in [1.29, 1.82) is 0 Å². The molecule has 3 heteroatoms. The summed E-state index contributed by atoms with van der Waals surface area (Å²) in [5, 5.41) is 0. The Morgan fingerprint density at radius 2 is 1.55 bits per heavy atom. The summed E-state index contributed by atoms with van der Waals surface area (Å²) in [6.07, 6.45) is 15.0. The molecule has 2 aromatic rings. The van der Waals surface area contributed by atoms with Crippen molar-refractivity contribution in [2.45, 2.75) is 38.5 Å². The quantitative estimate of drug-likeness (QED) is 0.445. The van der Waals surface area contributed by atoms with Crippen LogP contribution in [0, 0.1) is 12.3 Å². The van der Waals surface area contributed by atoms with Crippen LogP contribution in [-0.2, 0) is 17.6 Å². The highest BCUT2D eigenvalue weighted by atomic mass is 16.1. The van der Waals surface area contributed by atoms with Crippen molar-refractivity contribution in [3.63, 3.8) is 0 Å². The first-order chi connectivity index (χ1) is 10.9. The predicted octanol–water partition coefficient (Wildman–Crippen LogP) is 3.64. The summed E-state index contributed by atoms with van der Waals surface area (Å²) < 4.78 is 0. The third-order valence-corrected chi connectivity index (χ3v) is 2.96. The molecule has 0 radical (unpaired) electrons. The number of aromatic nitrogens is 2. The lowest BCUT2D eigenvalue weighted by atomic mass is 10.2. The molecular weight excluding hydrogens is 272 g/mol. The zero-order chi connectivity index (χ0) is 15.9. The Kier molecular flexibility index (Phi) is 9.82. The minimum absolute atomic E-state index is 0.635.